The van der Waals surface area contributed by atoms with Crippen molar-refractivity contribution in [1.82, 2.24) is 4.57 Å². The highest BCUT2D eigenvalue weighted by atomic mass is 16.1. The van der Waals surface area contributed by atoms with Crippen molar-refractivity contribution >= 4 is 5.78 Å². The standard InChI is InChI=1S/C11H15NO/c1-8(2)12-6-5-9-7-10(13)3-4-11(9)12/h5-6,8H,3-4,7H2,1-2H3. The van der Waals surface area contributed by atoms with E-state index in [4.69, 9.17) is 0 Å². The Balaban J connectivity index is 2.38. The number of nitrogens with zero attached hydrogens (tertiary/aromatic N) is 1. The number of fused-ring (bicyclic) bond motifs is 1. The first kappa shape index (κ1) is 8.54. The van der Waals surface area contributed by atoms with Gasteiger partial charge in [0.15, 0.2) is 0 Å². The van der Waals surface area contributed by atoms with Gasteiger partial charge in [-0.3, -0.25) is 4.79 Å². The van der Waals surface area contributed by atoms with Gasteiger partial charge in [-0.15, -0.1) is 0 Å². The van der Waals surface area contributed by atoms with Gasteiger partial charge in [0, 0.05) is 30.8 Å². The van der Waals surface area contributed by atoms with Crippen molar-refractivity contribution in [2.24, 2.45) is 0 Å². The number of hydrogen-bond acceptors (Lipinski definition) is 1. The minimum atomic E-state index is 0.383. The molecular formula is C11H15NO. The highest BCUT2D eigenvalue weighted by molar-refractivity contribution is 5.83. The van der Waals surface area contributed by atoms with Crippen LogP contribution in [0.15, 0.2) is 12.3 Å². The Kier molecular flexibility index (Phi) is 1.98. The van der Waals surface area contributed by atoms with E-state index in [9.17, 15) is 4.79 Å². The van der Waals surface area contributed by atoms with Crippen LogP contribution >= 0.6 is 0 Å². The van der Waals surface area contributed by atoms with Gasteiger partial charge in [-0.05, 0) is 31.9 Å². The van der Waals surface area contributed by atoms with Crippen LogP contribution in [0.4, 0.5) is 0 Å². The van der Waals surface area contributed by atoms with Gasteiger partial charge in [0.05, 0.1) is 0 Å². The molecule has 0 saturated heterocycles. The molecule has 0 spiro atoms. The molecule has 0 aliphatic heterocycles. The van der Waals surface area contributed by atoms with E-state index < -0.39 is 0 Å². The van der Waals surface area contributed by atoms with Gasteiger partial charge >= 0.3 is 0 Å². The summed E-state index contributed by atoms with van der Waals surface area (Å²) in [6.45, 7) is 4.35. The fourth-order valence-corrected chi connectivity index (χ4v) is 2.02. The molecule has 0 saturated carbocycles. The molecule has 0 atom stereocenters. The van der Waals surface area contributed by atoms with Gasteiger partial charge in [-0.25, -0.2) is 0 Å². The minimum Gasteiger partial charge on any atom is -0.349 e. The van der Waals surface area contributed by atoms with Gasteiger partial charge in [0.2, 0.25) is 0 Å². The van der Waals surface area contributed by atoms with Crippen LogP contribution in [-0.4, -0.2) is 10.4 Å². The summed E-state index contributed by atoms with van der Waals surface area (Å²) in [4.78, 5) is 11.2. The van der Waals surface area contributed by atoms with Crippen LogP contribution in [0, 0.1) is 0 Å². The first-order chi connectivity index (χ1) is 6.18. The number of hydrogen-bond donors (Lipinski definition) is 0. The maximum absolute atomic E-state index is 11.2. The molecule has 0 aromatic carbocycles. The molecule has 2 rings (SSSR count). The smallest absolute Gasteiger partial charge is 0.137 e. The maximum atomic E-state index is 11.2. The van der Waals surface area contributed by atoms with Crippen molar-refractivity contribution in [3.05, 3.63) is 23.5 Å². The maximum Gasteiger partial charge on any atom is 0.137 e. The lowest BCUT2D eigenvalue weighted by Gasteiger charge is -2.17. The van der Waals surface area contributed by atoms with E-state index in [0.717, 1.165) is 12.8 Å². The van der Waals surface area contributed by atoms with E-state index in [1.54, 1.807) is 0 Å². The van der Waals surface area contributed by atoms with Crippen LogP contribution in [0.2, 0.25) is 0 Å². The molecule has 0 fully saturated rings. The van der Waals surface area contributed by atoms with Crippen molar-refractivity contribution in [3.63, 3.8) is 0 Å². The molecule has 0 bridgehead atoms. The topological polar surface area (TPSA) is 22.0 Å². The van der Waals surface area contributed by atoms with E-state index in [1.807, 2.05) is 0 Å². The highest BCUT2D eigenvalue weighted by Crippen LogP contribution is 2.23. The molecule has 0 radical (unpaired) electrons. The van der Waals surface area contributed by atoms with E-state index in [1.165, 1.54) is 11.3 Å². The van der Waals surface area contributed by atoms with Crippen LogP contribution in [0.3, 0.4) is 0 Å². The Morgan fingerprint density at radius 2 is 2.15 bits per heavy atom. The molecule has 2 heteroatoms. The first-order valence-corrected chi connectivity index (χ1v) is 4.89. The minimum absolute atomic E-state index is 0.383. The molecule has 1 aliphatic carbocycles. The lowest BCUT2D eigenvalue weighted by Crippen LogP contribution is -2.15. The van der Waals surface area contributed by atoms with Gasteiger partial charge in [0.1, 0.15) is 5.78 Å². The third kappa shape index (κ3) is 1.41. The Morgan fingerprint density at radius 3 is 2.85 bits per heavy atom. The van der Waals surface area contributed by atoms with Crippen LogP contribution < -0.4 is 0 Å². The van der Waals surface area contributed by atoms with E-state index in [-0.39, 0.29) is 0 Å². The second kappa shape index (κ2) is 3.02. The first-order valence-electron chi connectivity index (χ1n) is 4.89. The van der Waals surface area contributed by atoms with Crippen LogP contribution in [-0.2, 0) is 17.6 Å². The summed E-state index contributed by atoms with van der Waals surface area (Å²) in [6, 6.07) is 2.60. The average molecular weight is 177 g/mol. The largest absolute Gasteiger partial charge is 0.349 e. The number of carbonyl (C=O) groups is 1. The second-order valence-corrected chi connectivity index (χ2v) is 4.00. The Labute approximate surface area is 78.6 Å². The number of ketones is 1. The zero-order valence-corrected chi connectivity index (χ0v) is 8.21. The predicted octanol–water partition coefficient (Wildman–Crippen LogP) is 2.13. The van der Waals surface area contributed by atoms with Crippen molar-refractivity contribution in [2.75, 3.05) is 0 Å². The Bertz CT molecular complexity index is 336. The number of aromatic nitrogens is 1. The molecule has 70 valence electrons. The SMILES string of the molecule is CC(C)n1ccc2c1CCC(=O)C2. The molecule has 2 nitrogen and oxygen atoms in total. The van der Waals surface area contributed by atoms with Gasteiger partial charge in [0.25, 0.3) is 0 Å². The predicted molar refractivity (Wildman–Crippen MR) is 51.8 cm³/mol. The Hall–Kier alpha value is -1.05. The number of carbonyl (C=O) groups excluding carboxylic acids is 1. The van der Waals surface area contributed by atoms with Crippen molar-refractivity contribution in [3.8, 4) is 0 Å². The van der Waals surface area contributed by atoms with Crippen molar-refractivity contribution < 1.29 is 4.79 Å². The summed E-state index contributed by atoms with van der Waals surface area (Å²) < 4.78 is 2.28. The van der Waals surface area contributed by atoms with E-state index in [2.05, 4.69) is 30.7 Å². The summed E-state index contributed by atoms with van der Waals surface area (Å²) in [6.07, 6.45) is 4.41. The van der Waals surface area contributed by atoms with Crippen molar-refractivity contribution in [2.45, 2.75) is 39.2 Å². The van der Waals surface area contributed by atoms with Gasteiger partial charge < -0.3 is 4.57 Å². The lowest BCUT2D eigenvalue weighted by molar-refractivity contribution is -0.118. The summed E-state index contributed by atoms with van der Waals surface area (Å²) in [5.74, 6) is 0.383. The lowest BCUT2D eigenvalue weighted by atomic mass is 9.97. The summed E-state index contributed by atoms with van der Waals surface area (Å²) >= 11 is 0. The van der Waals surface area contributed by atoms with Crippen LogP contribution in [0.1, 0.15) is 37.6 Å². The molecule has 0 N–H and O–H groups in total. The molecule has 13 heavy (non-hydrogen) atoms. The Morgan fingerprint density at radius 1 is 1.38 bits per heavy atom. The third-order valence-electron chi connectivity index (χ3n) is 2.70. The normalized spacial score (nSPS) is 16.4. The molecule has 1 aliphatic rings. The second-order valence-electron chi connectivity index (χ2n) is 4.00. The molecule has 0 unspecified atom stereocenters. The van der Waals surface area contributed by atoms with E-state index >= 15 is 0 Å². The number of rotatable bonds is 1. The molecule has 1 aromatic rings. The zero-order valence-electron chi connectivity index (χ0n) is 8.21. The highest BCUT2D eigenvalue weighted by Gasteiger charge is 2.19. The molecule has 1 aromatic heterocycles. The average Bonchev–Trinajstić information content (AvgIpc) is 2.46. The summed E-state index contributed by atoms with van der Waals surface area (Å²) in [5, 5.41) is 0. The molecule has 0 amide bonds. The summed E-state index contributed by atoms with van der Waals surface area (Å²) in [5.41, 5.74) is 2.61. The molecular weight excluding hydrogens is 162 g/mol. The fraction of sp³-hybridized carbons (Fsp3) is 0.545. The monoisotopic (exact) mass is 177 g/mol. The number of Topliss-reactive ketones (excluding diaryl/α,β-unsaturated/α-hetero) is 1. The van der Waals surface area contributed by atoms with E-state index in [0.29, 0.717) is 18.2 Å². The van der Waals surface area contributed by atoms with Crippen LogP contribution in [0.5, 0.6) is 0 Å². The fourth-order valence-electron chi connectivity index (χ4n) is 2.02. The van der Waals surface area contributed by atoms with Crippen LogP contribution in [0.25, 0.3) is 0 Å². The third-order valence-corrected chi connectivity index (χ3v) is 2.70. The zero-order chi connectivity index (χ0) is 9.42. The van der Waals surface area contributed by atoms with Crippen molar-refractivity contribution in [1.29, 1.82) is 0 Å². The summed E-state index contributed by atoms with van der Waals surface area (Å²) in [7, 11) is 0. The van der Waals surface area contributed by atoms with Gasteiger partial charge in [-0.2, -0.15) is 0 Å². The van der Waals surface area contributed by atoms with Gasteiger partial charge in [-0.1, -0.05) is 0 Å². The quantitative estimate of drug-likeness (QED) is 0.644. The molecule has 1 heterocycles.